The number of nitrogens with zero attached hydrogens (tertiary/aromatic N) is 12. The van der Waals surface area contributed by atoms with Crippen molar-refractivity contribution in [2.24, 2.45) is 40.9 Å². The van der Waals surface area contributed by atoms with E-state index in [1.807, 2.05) is 6.92 Å². The quantitative estimate of drug-likeness (QED) is 0.00760. The van der Waals surface area contributed by atoms with Gasteiger partial charge >= 0.3 is 0 Å². The lowest BCUT2D eigenvalue weighted by Crippen LogP contribution is -2.10. The van der Waals surface area contributed by atoms with Crippen LogP contribution >= 0.6 is 0 Å². The highest BCUT2D eigenvalue weighted by Crippen LogP contribution is 2.59. The third-order valence-corrected chi connectivity index (χ3v) is 23.6. The SMILES string of the molecule is CCCCCCCCCCCC(C)c1cc(C(CCCCCCCCCCC)c2cc(C(CCCCCCCCCCC)c3cc(C(CCCCCCCCCCC)c4ccc(O)c(N=Nc5cccc([N+](=O)[O-])c5)c4O)c(O)c(N=Nc4cccc([N+](=O)[O-])c4)c3O)c(O)c(N=Nc3cccc([N+](=O)[O-])c3)c2O)c(O)c(N=Nc2cccc([N+](=O)[O-])c2)c1O. The summed E-state index contributed by atoms with van der Waals surface area (Å²) in [4.78, 5) is 46.3. The van der Waals surface area contributed by atoms with E-state index in [0.717, 1.165) is 192 Å². The van der Waals surface area contributed by atoms with E-state index < -0.39 is 106 Å². The zero-order valence-electron chi connectivity index (χ0n) is 73.4. The van der Waals surface area contributed by atoms with Crippen molar-refractivity contribution in [3.05, 3.63) is 207 Å². The summed E-state index contributed by atoms with van der Waals surface area (Å²) in [6, 6.07) is 28.8. The van der Waals surface area contributed by atoms with Gasteiger partial charge in [-0.25, -0.2) is 0 Å². The number of rotatable bonds is 59. The van der Waals surface area contributed by atoms with Gasteiger partial charge in [0.15, 0.2) is 57.2 Å². The summed E-state index contributed by atoms with van der Waals surface area (Å²) < 4.78 is 0. The second-order valence-corrected chi connectivity index (χ2v) is 33.1. The maximum absolute atomic E-state index is 13.7. The predicted molar refractivity (Wildman–Crippen MR) is 489 cm³/mol. The topological polar surface area (TPSA) is 433 Å². The van der Waals surface area contributed by atoms with Crippen LogP contribution in [0.25, 0.3) is 0 Å². The van der Waals surface area contributed by atoms with Gasteiger partial charge in [-0.15, -0.1) is 20.5 Å². The molecule has 28 nitrogen and oxygen atoms in total. The van der Waals surface area contributed by atoms with Crippen LogP contribution in [0.2, 0.25) is 0 Å². The van der Waals surface area contributed by atoms with Crippen LogP contribution < -0.4 is 0 Å². The Balaban J connectivity index is 1.47. The summed E-state index contributed by atoms with van der Waals surface area (Å²) in [6.07, 6.45) is 34.9. The number of non-ortho nitro benzene ring substituents is 4. The van der Waals surface area contributed by atoms with Crippen LogP contribution in [0, 0.1) is 40.5 Å². The fraction of sp³-hybridized carbons (Fsp3) is 0.505. The Bertz CT molecular complexity index is 4940. The van der Waals surface area contributed by atoms with Gasteiger partial charge in [-0.3, -0.25) is 40.5 Å². The number of nitro groups is 4. The minimum Gasteiger partial charge on any atom is -0.505 e. The average molecular weight is 1720 g/mol. The number of unbranched alkanes of at least 4 members (excludes halogenated alkanes) is 32. The molecular weight excluding hydrogens is 1590 g/mol. The number of azo groups is 4. The molecule has 8 N–H and O–H groups in total. The van der Waals surface area contributed by atoms with Crippen LogP contribution in [0.1, 0.15) is 354 Å². The van der Waals surface area contributed by atoms with Gasteiger partial charge in [-0.2, -0.15) is 20.5 Å². The van der Waals surface area contributed by atoms with Gasteiger partial charge in [-0.1, -0.05) is 296 Å². The van der Waals surface area contributed by atoms with Crippen molar-refractivity contribution in [2.45, 2.75) is 315 Å². The second kappa shape index (κ2) is 52.7. The molecule has 4 unspecified atom stereocenters. The Kier molecular flexibility index (Phi) is 41.6. The third kappa shape index (κ3) is 30.0. The molecule has 0 saturated heterocycles. The molecule has 672 valence electrons. The molecule has 0 fully saturated rings. The molecule has 0 aromatic heterocycles. The van der Waals surface area contributed by atoms with E-state index in [0.29, 0.717) is 50.5 Å². The number of phenolic OH excluding ortho intramolecular Hbond substituents is 8. The largest absolute Gasteiger partial charge is 0.505 e. The Morgan fingerprint density at radius 3 is 0.728 bits per heavy atom. The normalized spacial score (nSPS) is 12.8. The van der Waals surface area contributed by atoms with Crippen LogP contribution in [-0.4, -0.2) is 60.5 Å². The van der Waals surface area contributed by atoms with Crippen LogP contribution in [0.4, 0.5) is 68.2 Å². The second-order valence-electron chi connectivity index (χ2n) is 33.1. The lowest BCUT2D eigenvalue weighted by atomic mass is 9.77. The lowest BCUT2D eigenvalue weighted by molar-refractivity contribution is -0.385. The van der Waals surface area contributed by atoms with Gasteiger partial charge < -0.3 is 40.9 Å². The zero-order chi connectivity index (χ0) is 90.0. The van der Waals surface area contributed by atoms with E-state index in [1.54, 1.807) is 18.2 Å². The molecule has 8 aromatic carbocycles. The molecule has 8 aromatic rings. The van der Waals surface area contributed by atoms with E-state index in [9.17, 15) is 81.3 Å². The summed E-state index contributed by atoms with van der Waals surface area (Å²) in [5.74, 6) is -8.57. The number of hydrogen-bond donors (Lipinski definition) is 8. The van der Waals surface area contributed by atoms with Crippen LogP contribution in [0.15, 0.2) is 168 Å². The Morgan fingerprint density at radius 2 is 0.464 bits per heavy atom. The average Bonchev–Trinajstić information content (AvgIpc) is 0.745. The molecule has 0 heterocycles. The molecule has 0 aliphatic heterocycles. The summed E-state index contributed by atoms with van der Waals surface area (Å²) in [7, 11) is 0. The standard InChI is InChI=1S/C97H128N12O16/c1-6-10-14-18-22-26-30-34-38-46-67(5)80-64-81(93(113)88(92(80)112)103-99-69-48-43-52-73(61-69)107(120)121)77(56-40-36-32-28-24-20-16-12-8-3)84-66-85(97(117)90(96(84)116)105-101-71-50-45-54-75(63-71)109(124)125)78(57-41-37-33-29-25-21-17-13-9-4)83-65-82(94(114)89(95(83)115)104-100-70-49-44-53-74(62-70)108(122)123)76(55-39-35-31-27-23-19-15-11-7-2)79-58-59-86(110)87(91(79)111)102-98-68-47-42-51-72(60-68)106(118)119/h42-45,47-54,58-67,76-78,110-117H,6-41,46,55-57H2,1-5H3. The van der Waals surface area contributed by atoms with E-state index in [-0.39, 0.29) is 104 Å². The van der Waals surface area contributed by atoms with E-state index in [1.165, 1.54) is 110 Å². The van der Waals surface area contributed by atoms with Gasteiger partial charge in [0.2, 0.25) is 0 Å². The summed E-state index contributed by atoms with van der Waals surface area (Å²) >= 11 is 0. The molecule has 0 saturated carbocycles. The Hall–Kier alpha value is -11.8. The molecular formula is C97H128N12O16. The Labute approximate surface area is 733 Å². The van der Waals surface area contributed by atoms with Gasteiger partial charge in [0, 0.05) is 99.7 Å². The van der Waals surface area contributed by atoms with Crippen molar-refractivity contribution < 1.29 is 60.5 Å². The van der Waals surface area contributed by atoms with Crippen LogP contribution in [0.3, 0.4) is 0 Å². The maximum Gasteiger partial charge on any atom is 0.271 e. The fourth-order valence-electron chi connectivity index (χ4n) is 16.5. The highest BCUT2D eigenvalue weighted by molar-refractivity contribution is 5.76. The summed E-state index contributed by atoms with van der Waals surface area (Å²) in [6.45, 7) is 10.6. The van der Waals surface area contributed by atoms with Crippen molar-refractivity contribution in [3.8, 4) is 46.0 Å². The number of phenols is 8. The van der Waals surface area contributed by atoms with E-state index in [4.69, 9.17) is 0 Å². The van der Waals surface area contributed by atoms with Crippen molar-refractivity contribution in [3.63, 3.8) is 0 Å². The van der Waals surface area contributed by atoms with Crippen LogP contribution in [0.5, 0.6) is 46.0 Å². The molecule has 0 amide bonds. The summed E-state index contributed by atoms with van der Waals surface area (Å²) in [5.41, 5.74) is -2.48. The first kappa shape index (κ1) is 98.6. The molecule has 0 aliphatic rings. The molecule has 28 heteroatoms. The fourth-order valence-corrected chi connectivity index (χ4v) is 16.5. The van der Waals surface area contributed by atoms with Gasteiger partial charge in [0.05, 0.1) is 42.4 Å². The van der Waals surface area contributed by atoms with Crippen LogP contribution in [-0.2, 0) is 0 Å². The number of benzene rings is 8. The third-order valence-electron chi connectivity index (χ3n) is 23.6. The van der Waals surface area contributed by atoms with E-state index >= 15 is 0 Å². The first-order valence-corrected chi connectivity index (χ1v) is 45.5. The first-order valence-electron chi connectivity index (χ1n) is 45.5. The highest BCUT2D eigenvalue weighted by atomic mass is 16.6. The van der Waals surface area contributed by atoms with Gasteiger partial charge in [0.25, 0.3) is 22.7 Å². The maximum atomic E-state index is 13.7. The number of aromatic hydroxyl groups is 8. The lowest BCUT2D eigenvalue weighted by Gasteiger charge is -2.28. The zero-order valence-corrected chi connectivity index (χ0v) is 73.4. The molecule has 0 radical (unpaired) electrons. The molecule has 4 atom stereocenters. The van der Waals surface area contributed by atoms with E-state index in [2.05, 4.69) is 68.6 Å². The Morgan fingerprint density at radius 1 is 0.248 bits per heavy atom. The molecule has 0 aliphatic carbocycles. The van der Waals surface area contributed by atoms with Crippen molar-refractivity contribution in [2.75, 3.05) is 0 Å². The van der Waals surface area contributed by atoms with Crippen molar-refractivity contribution in [1.29, 1.82) is 0 Å². The molecule has 0 bridgehead atoms. The first-order chi connectivity index (χ1) is 60.5. The molecule has 8 rings (SSSR count). The smallest absolute Gasteiger partial charge is 0.271 e. The molecule has 0 spiro atoms. The minimum absolute atomic E-state index is 0.000723. The highest BCUT2D eigenvalue weighted by Gasteiger charge is 2.36. The van der Waals surface area contributed by atoms with Gasteiger partial charge in [-0.05, 0) is 85.7 Å². The minimum atomic E-state index is -1.24. The van der Waals surface area contributed by atoms with Crippen molar-refractivity contribution in [1.82, 2.24) is 0 Å². The predicted octanol–water partition coefficient (Wildman–Crippen LogP) is 31.8. The van der Waals surface area contributed by atoms with Gasteiger partial charge in [0.1, 0.15) is 11.5 Å². The number of hydrogen-bond acceptors (Lipinski definition) is 24. The number of nitro benzene ring substituents is 4. The summed E-state index contributed by atoms with van der Waals surface area (Å²) in [5, 5.41) is 189. The monoisotopic (exact) mass is 1720 g/mol. The van der Waals surface area contributed by atoms with Crippen molar-refractivity contribution >= 4 is 68.2 Å². The molecule has 125 heavy (non-hydrogen) atoms.